The van der Waals surface area contributed by atoms with Gasteiger partial charge < -0.3 is 25.5 Å². The molecule has 1 aliphatic rings. The molecule has 3 N–H and O–H groups in total. The van der Waals surface area contributed by atoms with E-state index < -0.39 is 5.60 Å². The zero-order valence-electron chi connectivity index (χ0n) is 18.1. The maximum Gasteiger partial charge on any atom is 0.244 e. The number of hydrogen-bond donors (Lipinski definition) is 3. The lowest BCUT2D eigenvalue weighted by Gasteiger charge is -2.36. The number of anilines is 1. The standard InChI is InChI=1S/C22H31N5O2S.HI/c1-3-23-21(25-17-22(2,29)19-10-7-15-30-19)24-16-20(28)27-13-11-26(12-14-27)18-8-5-4-6-9-18;/h4-10,15,29H,3,11-14,16-17H2,1-2H3,(H2,23,24,25);1H. The van der Waals surface area contributed by atoms with E-state index in [2.05, 4.69) is 32.7 Å². The number of aliphatic hydroxyl groups is 1. The molecule has 0 bridgehead atoms. The minimum absolute atomic E-state index is 0. The Morgan fingerprint density at radius 1 is 1.13 bits per heavy atom. The van der Waals surface area contributed by atoms with E-state index in [9.17, 15) is 9.90 Å². The first-order valence-electron chi connectivity index (χ1n) is 10.4. The number of piperazine rings is 1. The average Bonchev–Trinajstić information content (AvgIpc) is 3.32. The number of halogens is 1. The normalized spacial score (nSPS) is 16.3. The molecule has 2 aromatic rings. The van der Waals surface area contributed by atoms with Gasteiger partial charge in [-0.05, 0) is 37.4 Å². The Bertz CT molecular complexity index is 822. The van der Waals surface area contributed by atoms with Gasteiger partial charge in [0.25, 0.3) is 0 Å². The number of hydrogen-bond acceptors (Lipinski definition) is 5. The van der Waals surface area contributed by atoms with E-state index in [1.807, 2.05) is 47.5 Å². The lowest BCUT2D eigenvalue weighted by molar-refractivity contribution is -0.129. The molecule has 1 aromatic carbocycles. The summed E-state index contributed by atoms with van der Waals surface area (Å²) in [5.41, 5.74) is 0.196. The van der Waals surface area contributed by atoms with Gasteiger partial charge in [-0.15, -0.1) is 35.3 Å². The van der Waals surface area contributed by atoms with Crippen molar-refractivity contribution in [3.63, 3.8) is 0 Å². The molecule has 3 rings (SSSR count). The summed E-state index contributed by atoms with van der Waals surface area (Å²) in [5.74, 6) is 0.551. The van der Waals surface area contributed by atoms with Crippen LogP contribution in [-0.4, -0.2) is 67.7 Å². The highest BCUT2D eigenvalue weighted by atomic mass is 127. The minimum atomic E-state index is -0.998. The summed E-state index contributed by atoms with van der Waals surface area (Å²) >= 11 is 1.52. The fourth-order valence-electron chi connectivity index (χ4n) is 3.37. The molecule has 7 nitrogen and oxygen atoms in total. The van der Waals surface area contributed by atoms with Gasteiger partial charge in [0.15, 0.2) is 5.96 Å². The van der Waals surface area contributed by atoms with Crippen molar-refractivity contribution in [3.8, 4) is 0 Å². The number of carbonyl (C=O) groups is 1. The third-order valence-corrected chi connectivity index (χ3v) is 6.25. The van der Waals surface area contributed by atoms with Crippen molar-refractivity contribution in [2.75, 3.05) is 50.7 Å². The summed E-state index contributed by atoms with van der Waals surface area (Å²) < 4.78 is 0. The van der Waals surface area contributed by atoms with Gasteiger partial charge in [0.1, 0.15) is 12.1 Å². The van der Waals surface area contributed by atoms with Crippen LogP contribution in [0.1, 0.15) is 18.7 Å². The van der Waals surface area contributed by atoms with E-state index in [0.29, 0.717) is 32.1 Å². The van der Waals surface area contributed by atoms with Crippen LogP contribution in [0.5, 0.6) is 0 Å². The van der Waals surface area contributed by atoms with Crippen LogP contribution in [0, 0.1) is 0 Å². The van der Waals surface area contributed by atoms with Crippen molar-refractivity contribution in [1.29, 1.82) is 0 Å². The fourth-order valence-corrected chi connectivity index (χ4v) is 4.16. The first-order valence-corrected chi connectivity index (χ1v) is 11.2. The van der Waals surface area contributed by atoms with Crippen molar-refractivity contribution < 1.29 is 9.90 Å². The molecule has 170 valence electrons. The molecule has 1 aromatic heterocycles. The summed E-state index contributed by atoms with van der Waals surface area (Å²) in [7, 11) is 0. The molecule has 2 heterocycles. The van der Waals surface area contributed by atoms with E-state index in [0.717, 1.165) is 18.0 Å². The number of thiophene rings is 1. The van der Waals surface area contributed by atoms with Gasteiger partial charge in [-0.2, -0.15) is 0 Å². The highest BCUT2D eigenvalue weighted by molar-refractivity contribution is 14.0. The van der Waals surface area contributed by atoms with Crippen LogP contribution in [-0.2, 0) is 10.4 Å². The van der Waals surface area contributed by atoms with E-state index in [1.54, 1.807) is 6.92 Å². The Morgan fingerprint density at radius 2 is 1.84 bits per heavy atom. The van der Waals surface area contributed by atoms with Gasteiger partial charge in [-0.1, -0.05) is 24.3 Å². The van der Waals surface area contributed by atoms with Crippen LogP contribution < -0.4 is 15.5 Å². The molecule has 1 fully saturated rings. The number of guanidine groups is 1. The quantitative estimate of drug-likeness (QED) is 0.277. The Labute approximate surface area is 205 Å². The third kappa shape index (κ3) is 7.36. The molecule has 0 saturated carbocycles. The molecule has 31 heavy (non-hydrogen) atoms. The van der Waals surface area contributed by atoms with Gasteiger partial charge >= 0.3 is 0 Å². The third-order valence-electron chi connectivity index (χ3n) is 5.12. The molecular formula is C22H32IN5O2S. The highest BCUT2D eigenvalue weighted by Gasteiger charge is 2.25. The summed E-state index contributed by atoms with van der Waals surface area (Å²) in [6, 6.07) is 14.1. The number of amides is 1. The van der Waals surface area contributed by atoms with Crippen molar-refractivity contribution >= 4 is 52.9 Å². The largest absolute Gasteiger partial charge is 0.383 e. The Balaban J connectivity index is 0.00000341. The second-order valence-corrected chi connectivity index (χ2v) is 8.45. The van der Waals surface area contributed by atoms with Gasteiger partial charge in [0.05, 0.1) is 6.54 Å². The molecule has 1 unspecified atom stereocenters. The molecule has 0 aliphatic carbocycles. The Morgan fingerprint density at radius 3 is 2.45 bits per heavy atom. The SMILES string of the molecule is CCNC(=NCC(=O)N1CCN(c2ccccc2)CC1)NCC(C)(O)c1cccs1.I. The number of para-hydroxylation sites is 1. The van der Waals surface area contributed by atoms with Crippen molar-refractivity contribution in [3.05, 3.63) is 52.7 Å². The van der Waals surface area contributed by atoms with E-state index in [-0.39, 0.29) is 36.4 Å². The summed E-state index contributed by atoms with van der Waals surface area (Å²) in [4.78, 5) is 22.1. The smallest absolute Gasteiger partial charge is 0.244 e. The second kappa shape index (κ2) is 12.3. The van der Waals surface area contributed by atoms with Crippen molar-refractivity contribution in [2.24, 2.45) is 4.99 Å². The zero-order valence-corrected chi connectivity index (χ0v) is 21.2. The van der Waals surface area contributed by atoms with Crippen LogP contribution in [0.15, 0.2) is 52.8 Å². The van der Waals surface area contributed by atoms with Crippen LogP contribution >= 0.6 is 35.3 Å². The summed E-state index contributed by atoms with van der Waals surface area (Å²) in [5, 5.41) is 18.9. The molecule has 0 spiro atoms. The van der Waals surface area contributed by atoms with E-state index in [4.69, 9.17) is 0 Å². The van der Waals surface area contributed by atoms with Crippen molar-refractivity contribution in [2.45, 2.75) is 19.4 Å². The molecule has 1 atom stereocenters. The monoisotopic (exact) mass is 557 g/mol. The van der Waals surface area contributed by atoms with Gasteiger partial charge in [-0.3, -0.25) is 4.79 Å². The molecular weight excluding hydrogens is 525 g/mol. The lowest BCUT2D eigenvalue weighted by Crippen LogP contribution is -2.50. The van der Waals surface area contributed by atoms with Gasteiger partial charge in [0, 0.05) is 43.3 Å². The molecule has 9 heteroatoms. The van der Waals surface area contributed by atoms with Gasteiger partial charge in [-0.25, -0.2) is 4.99 Å². The number of benzene rings is 1. The number of carbonyl (C=O) groups excluding carboxylic acids is 1. The van der Waals surface area contributed by atoms with Crippen LogP contribution in [0.2, 0.25) is 0 Å². The first kappa shape index (κ1) is 25.4. The van der Waals surface area contributed by atoms with Crippen molar-refractivity contribution in [1.82, 2.24) is 15.5 Å². The predicted octanol–water partition coefficient (Wildman–Crippen LogP) is 2.48. The van der Waals surface area contributed by atoms with E-state index in [1.165, 1.54) is 17.0 Å². The number of nitrogens with one attached hydrogen (secondary N) is 2. The molecule has 1 amide bonds. The van der Waals surface area contributed by atoms with Crippen LogP contribution in [0.4, 0.5) is 5.69 Å². The zero-order chi connectivity index (χ0) is 21.4. The average molecular weight is 558 g/mol. The Kier molecular flexibility index (Phi) is 10.0. The predicted molar refractivity (Wildman–Crippen MR) is 139 cm³/mol. The Hall–Kier alpha value is -1.85. The minimum Gasteiger partial charge on any atom is -0.383 e. The molecule has 1 aliphatic heterocycles. The molecule has 1 saturated heterocycles. The number of aliphatic imine (C=N–C) groups is 1. The maximum atomic E-state index is 12.6. The highest BCUT2D eigenvalue weighted by Crippen LogP contribution is 2.24. The summed E-state index contributed by atoms with van der Waals surface area (Å²) in [6.07, 6.45) is 0. The second-order valence-electron chi connectivity index (χ2n) is 7.50. The maximum absolute atomic E-state index is 12.6. The number of nitrogens with zero attached hydrogens (tertiary/aromatic N) is 3. The van der Waals surface area contributed by atoms with Crippen LogP contribution in [0.3, 0.4) is 0 Å². The molecule has 0 radical (unpaired) electrons. The summed E-state index contributed by atoms with van der Waals surface area (Å²) in [6.45, 7) is 7.84. The first-order chi connectivity index (χ1) is 14.5. The fraction of sp³-hybridized carbons (Fsp3) is 0.455. The topological polar surface area (TPSA) is 80.2 Å². The lowest BCUT2D eigenvalue weighted by atomic mass is 10.1. The number of rotatable bonds is 7. The van der Waals surface area contributed by atoms with E-state index >= 15 is 0 Å². The van der Waals surface area contributed by atoms with Crippen LogP contribution in [0.25, 0.3) is 0 Å². The van der Waals surface area contributed by atoms with Gasteiger partial charge in [0.2, 0.25) is 5.91 Å².